The quantitative estimate of drug-likeness (QED) is 0.379. The van der Waals surface area contributed by atoms with Gasteiger partial charge < -0.3 is 14.4 Å². The molecular formula is C21H26N4O5. The van der Waals surface area contributed by atoms with E-state index in [4.69, 9.17) is 9.47 Å². The van der Waals surface area contributed by atoms with Crippen molar-refractivity contribution >= 4 is 17.5 Å². The van der Waals surface area contributed by atoms with E-state index in [2.05, 4.69) is 23.8 Å². The lowest BCUT2D eigenvalue weighted by atomic mass is 9.97. The summed E-state index contributed by atoms with van der Waals surface area (Å²) in [6.07, 6.45) is 2.36. The van der Waals surface area contributed by atoms with Crippen molar-refractivity contribution in [2.45, 2.75) is 39.5 Å². The number of nitro groups is 1. The van der Waals surface area contributed by atoms with Gasteiger partial charge in [0.2, 0.25) is 5.82 Å². The van der Waals surface area contributed by atoms with Gasteiger partial charge in [-0.1, -0.05) is 26.0 Å². The summed E-state index contributed by atoms with van der Waals surface area (Å²) >= 11 is 0. The fraction of sp³-hybridized carbons (Fsp3) is 0.476. The van der Waals surface area contributed by atoms with Crippen molar-refractivity contribution in [1.29, 1.82) is 0 Å². The number of ether oxygens (including phenoxy) is 2. The molecule has 2 heterocycles. The lowest BCUT2D eigenvalue weighted by Crippen LogP contribution is -2.37. The van der Waals surface area contributed by atoms with Gasteiger partial charge >= 0.3 is 17.5 Å². The van der Waals surface area contributed by atoms with E-state index in [1.807, 2.05) is 12.1 Å². The van der Waals surface area contributed by atoms with Gasteiger partial charge in [0.15, 0.2) is 0 Å². The molecule has 9 heteroatoms. The number of nitrogens with zero attached hydrogens (tertiary/aromatic N) is 4. The third-order valence-electron chi connectivity index (χ3n) is 5.13. The molecular weight excluding hydrogens is 388 g/mol. The van der Waals surface area contributed by atoms with E-state index in [0.717, 1.165) is 5.56 Å². The van der Waals surface area contributed by atoms with Crippen LogP contribution in [0.25, 0.3) is 0 Å². The van der Waals surface area contributed by atoms with Crippen LogP contribution in [0.1, 0.15) is 45.1 Å². The zero-order valence-corrected chi connectivity index (χ0v) is 17.4. The molecule has 1 aliphatic heterocycles. The van der Waals surface area contributed by atoms with Crippen LogP contribution in [-0.2, 0) is 9.53 Å². The Morgan fingerprint density at radius 1 is 1.23 bits per heavy atom. The van der Waals surface area contributed by atoms with Gasteiger partial charge in [0.25, 0.3) is 0 Å². The largest absolute Gasteiger partial charge is 0.466 e. The van der Waals surface area contributed by atoms with Crippen molar-refractivity contribution in [1.82, 2.24) is 9.97 Å². The molecule has 0 aliphatic carbocycles. The van der Waals surface area contributed by atoms with Crippen molar-refractivity contribution in [3.05, 3.63) is 46.3 Å². The van der Waals surface area contributed by atoms with Crippen LogP contribution >= 0.6 is 0 Å². The highest BCUT2D eigenvalue weighted by Crippen LogP contribution is 2.37. The summed E-state index contributed by atoms with van der Waals surface area (Å²) in [5, 5.41) is 11.8. The number of anilines is 1. The molecule has 160 valence electrons. The molecule has 0 saturated carbocycles. The predicted molar refractivity (Wildman–Crippen MR) is 111 cm³/mol. The Hall–Kier alpha value is -3.23. The minimum atomic E-state index is -0.523. The summed E-state index contributed by atoms with van der Waals surface area (Å²) in [5.74, 6) is 0.520. The molecule has 0 bridgehead atoms. The molecule has 0 amide bonds. The third kappa shape index (κ3) is 4.84. The average molecular weight is 414 g/mol. The van der Waals surface area contributed by atoms with Gasteiger partial charge in [-0.25, -0.2) is 4.98 Å². The van der Waals surface area contributed by atoms with E-state index >= 15 is 0 Å². The summed E-state index contributed by atoms with van der Waals surface area (Å²) in [6, 6.07) is 7.39. The zero-order chi connectivity index (χ0) is 21.7. The van der Waals surface area contributed by atoms with Gasteiger partial charge in [-0.3, -0.25) is 14.9 Å². The minimum absolute atomic E-state index is 0.102. The SMILES string of the molecule is CCOC(=O)C1CCN(c2ncnc(Oc3ccc(C(C)C)cc3)c2[N+](=O)[O-])CC1. The minimum Gasteiger partial charge on any atom is -0.466 e. The zero-order valence-electron chi connectivity index (χ0n) is 17.4. The molecule has 2 aromatic rings. The molecule has 1 aromatic carbocycles. The fourth-order valence-electron chi connectivity index (χ4n) is 3.44. The van der Waals surface area contributed by atoms with Crippen molar-refractivity contribution in [2.75, 3.05) is 24.6 Å². The molecule has 0 spiro atoms. The summed E-state index contributed by atoms with van der Waals surface area (Å²) in [7, 11) is 0. The van der Waals surface area contributed by atoms with Gasteiger partial charge in [-0.2, -0.15) is 4.98 Å². The summed E-state index contributed by atoms with van der Waals surface area (Å²) in [6.45, 7) is 7.21. The Bertz CT molecular complexity index is 893. The average Bonchev–Trinajstić information content (AvgIpc) is 2.74. The van der Waals surface area contributed by atoms with Gasteiger partial charge in [-0.05, 0) is 43.4 Å². The van der Waals surface area contributed by atoms with Crippen LogP contribution in [0.5, 0.6) is 11.6 Å². The highest BCUT2D eigenvalue weighted by atomic mass is 16.6. The highest BCUT2D eigenvalue weighted by Gasteiger charge is 2.33. The number of benzene rings is 1. The summed E-state index contributed by atoms with van der Waals surface area (Å²) in [5.41, 5.74) is 0.865. The smallest absolute Gasteiger partial charge is 0.373 e. The first-order chi connectivity index (χ1) is 14.4. The molecule has 30 heavy (non-hydrogen) atoms. The van der Waals surface area contributed by atoms with E-state index in [9.17, 15) is 14.9 Å². The van der Waals surface area contributed by atoms with Crippen molar-refractivity contribution in [3.63, 3.8) is 0 Å². The van der Waals surface area contributed by atoms with Gasteiger partial charge in [0, 0.05) is 13.1 Å². The molecule has 3 rings (SSSR count). The number of hydrogen-bond donors (Lipinski definition) is 0. The second-order valence-corrected chi connectivity index (χ2v) is 7.45. The Kier molecular flexibility index (Phi) is 6.81. The fourth-order valence-corrected chi connectivity index (χ4v) is 3.44. The second-order valence-electron chi connectivity index (χ2n) is 7.45. The van der Waals surface area contributed by atoms with Gasteiger partial charge in [0.05, 0.1) is 17.4 Å². The van der Waals surface area contributed by atoms with Crippen LogP contribution in [0.15, 0.2) is 30.6 Å². The lowest BCUT2D eigenvalue weighted by molar-refractivity contribution is -0.385. The van der Waals surface area contributed by atoms with E-state index < -0.39 is 4.92 Å². The van der Waals surface area contributed by atoms with Gasteiger partial charge in [0.1, 0.15) is 12.1 Å². The summed E-state index contributed by atoms with van der Waals surface area (Å²) < 4.78 is 10.8. The molecule has 0 unspecified atom stereocenters. The predicted octanol–water partition coefficient (Wildman–Crippen LogP) is 4.08. The Morgan fingerprint density at radius 2 is 1.90 bits per heavy atom. The van der Waals surface area contributed by atoms with Crippen LogP contribution in [0, 0.1) is 16.0 Å². The van der Waals surface area contributed by atoms with Crippen LogP contribution in [0.3, 0.4) is 0 Å². The number of esters is 1. The van der Waals surface area contributed by atoms with E-state index in [0.29, 0.717) is 44.2 Å². The molecule has 1 aliphatic rings. The normalized spacial score (nSPS) is 14.6. The first-order valence-electron chi connectivity index (χ1n) is 10.1. The second kappa shape index (κ2) is 9.51. The topological polar surface area (TPSA) is 108 Å². The standard InChI is InChI=1S/C21H26N4O5/c1-4-29-21(26)16-9-11-24(12-10-16)19-18(25(27)28)20(23-13-22-19)30-17-7-5-15(6-8-17)14(2)3/h5-8,13-14,16H,4,9-12H2,1-3H3. The lowest BCUT2D eigenvalue weighted by Gasteiger charge is -2.31. The first kappa shape index (κ1) is 21.5. The number of piperidine rings is 1. The summed E-state index contributed by atoms with van der Waals surface area (Å²) in [4.78, 5) is 33.2. The first-order valence-corrected chi connectivity index (χ1v) is 10.1. The molecule has 0 N–H and O–H groups in total. The number of carbonyl (C=O) groups excluding carboxylic acids is 1. The molecule has 1 saturated heterocycles. The van der Waals surface area contributed by atoms with Crippen molar-refractivity contribution in [2.24, 2.45) is 5.92 Å². The maximum atomic E-state index is 11.9. The van der Waals surface area contributed by atoms with Crippen molar-refractivity contribution in [3.8, 4) is 11.6 Å². The third-order valence-corrected chi connectivity index (χ3v) is 5.13. The number of rotatable bonds is 7. The van der Waals surface area contributed by atoms with Crippen LogP contribution in [-0.4, -0.2) is 40.6 Å². The number of carbonyl (C=O) groups is 1. The Morgan fingerprint density at radius 3 is 2.47 bits per heavy atom. The Balaban J connectivity index is 1.80. The highest BCUT2D eigenvalue weighted by molar-refractivity contribution is 5.73. The van der Waals surface area contributed by atoms with E-state index in [1.54, 1.807) is 24.0 Å². The number of aromatic nitrogens is 2. The van der Waals surface area contributed by atoms with Crippen LogP contribution < -0.4 is 9.64 Å². The van der Waals surface area contributed by atoms with Crippen molar-refractivity contribution < 1.29 is 19.2 Å². The van der Waals surface area contributed by atoms with Crippen LogP contribution in [0.4, 0.5) is 11.5 Å². The van der Waals surface area contributed by atoms with E-state index in [-0.39, 0.29) is 29.3 Å². The van der Waals surface area contributed by atoms with E-state index in [1.165, 1.54) is 6.33 Å². The molecule has 9 nitrogen and oxygen atoms in total. The molecule has 0 radical (unpaired) electrons. The Labute approximate surface area is 175 Å². The molecule has 0 atom stereocenters. The number of hydrogen-bond acceptors (Lipinski definition) is 8. The molecule has 1 fully saturated rings. The maximum absolute atomic E-state index is 11.9. The molecule has 1 aromatic heterocycles. The monoisotopic (exact) mass is 414 g/mol. The maximum Gasteiger partial charge on any atom is 0.373 e. The van der Waals surface area contributed by atoms with Crippen LogP contribution in [0.2, 0.25) is 0 Å². The van der Waals surface area contributed by atoms with Gasteiger partial charge in [-0.15, -0.1) is 0 Å².